The normalized spacial score (nSPS) is 28.4. The van der Waals surface area contributed by atoms with E-state index in [-0.39, 0.29) is 10.8 Å². The number of carbonyl (C=O) groups excluding carboxylic acids is 1. The number of nitrogens with zero attached hydrogens (tertiary/aromatic N) is 2. The van der Waals surface area contributed by atoms with Gasteiger partial charge in [0.05, 0.1) is 12.0 Å². The van der Waals surface area contributed by atoms with E-state index in [0.717, 1.165) is 45.8 Å². The molecule has 2 aliphatic carbocycles. The lowest BCUT2D eigenvalue weighted by Gasteiger charge is -2.37. The third-order valence-corrected chi connectivity index (χ3v) is 6.85. The average Bonchev–Trinajstić information content (AvgIpc) is 3.07. The van der Waals surface area contributed by atoms with Gasteiger partial charge in [0, 0.05) is 39.8 Å². The van der Waals surface area contributed by atoms with Crippen molar-refractivity contribution in [1.82, 2.24) is 9.80 Å². The van der Waals surface area contributed by atoms with Gasteiger partial charge in [0.1, 0.15) is 0 Å². The smallest absolute Gasteiger partial charge is 0.233 e. The van der Waals surface area contributed by atoms with E-state index >= 15 is 0 Å². The fourth-order valence-corrected chi connectivity index (χ4v) is 5.34. The van der Waals surface area contributed by atoms with Crippen LogP contribution in [0.2, 0.25) is 0 Å². The molecule has 4 nitrogen and oxygen atoms in total. The molecule has 136 valence electrons. The first kappa shape index (κ1) is 17.0. The first-order valence-electron chi connectivity index (χ1n) is 9.78. The minimum atomic E-state index is -0.237. The summed E-state index contributed by atoms with van der Waals surface area (Å²) in [7, 11) is 1.75. The number of hydrogen-bond donors (Lipinski definition) is 0. The quantitative estimate of drug-likeness (QED) is 0.825. The minimum absolute atomic E-state index is 0.237. The second-order valence-electron chi connectivity index (χ2n) is 8.06. The van der Waals surface area contributed by atoms with Crippen LogP contribution in [-0.4, -0.2) is 62.1 Å². The Hall–Kier alpha value is -1.39. The molecule has 25 heavy (non-hydrogen) atoms. The molecule has 0 bridgehead atoms. The SMILES string of the molecule is COCCN1CCN(C(=O)[C@]2(c3ccccc3)CC23CCCC3)CC1. The Balaban J connectivity index is 1.51. The molecule has 3 aliphatic rings. The van der Waals surface area contributed by atoms with E-state index in [1.165, 1.54) is 31.2 Å². The Morgan fingerprint density at radius 1 is 1.08 bits per heavy atom. The zero-order valence-corrected chi connectivity index (χ0v) is 15.4. The van der Waals surface area contributed by atoms with Crippen LogP contribution in [0, 0.1) is 5.41 Å². The highest BCUT2D eigenvalue weighted by Gasteiger charge is 2.73. The molecule has 0 radical (unpaired) electrons. The topological polar surface area (TPSA) is 32.8 Å². The molecule has 1 atom stereocenters. The van der Waals surface area contributed by atoms with Crippen molar-refractivity contribution in [1.29, 1.82) is 0 Å². The summed E-state index contributed by atoms with van der Waals surface area (Å²) in [6.07, 6.45) is 6.08. The van der Waals surface area contributed by atoms with E-state index in [1.54, 1.807) is 7.11 Å². The van der Waals surface area contributed by atoms with E-state index in [0.29, 0.717) is 5.91 Å². The number of carbonyl (C=O) groups is 1. The van der Waals surface area contributed by atoms with Gasteiger partial charge < -0.3 is 9.64 Å². The van der Waals surface area contributed by atoms with E-state index in [4.69, 9.17) is 4.74 Å². The van der Waals surface area contributed by atoms with Crippen molar-refractivity contribution in [3.8, 4) is 0 Å². The lowest BCUT2D eigenvalue weighted by molar-refractivity contribution is -0.137. The summed E-state index contributed by atoms with van der Waals surface area (Å²) < 4.78 is 5.18. The van der Waals surface area contributed by atoms with Crippen LogP contribution in [0.4, 0.5) is 0 Å². The van der Waals surface area contributed by atoms with E-state index in [9.17, 15) is 4.79 Å². The van der Waals surface area contributed by atoms with Gasteiger partial charge in [0.2, 0.25) is 5.91 Å². The summed E-state index contributed by atoms with van der Waals surface area (Å²) in [4.78, 5) is 18.2. The van der Waals surface area contributed by atoms with Gasteiger partial charge in [0.15, 0.2) is 0 Å². The summed E-state index contributed by atoms with van der Waals surface area (Å²) in [6.45, 7) is 5.37. The number of benzene rings is 1. The predicted molar refractivity (Wildman–Crippen MR) is 98.5 cm³/mol. The zero-order chi connectivity index (χ0) is 17.3. The van der Waals surface area contributed by atoms with Crippen LogP contribution in [-0.2, 0) is 14.9 Å². The Morgan fingerprint density at radius 3 is 2.40 bits per heavy atom. The third-order valence-electron chi connectivity index (χ3n) is 6.85. The summed E-state index contributed by atoms with van der Waals surface area (Å²) in [5, 5.41) is 0. The Bertz CT molecular complexity index is 604. The van der Waals surface area contributed by atoms with E-state index < -0.39 is 0 Å². The Labute approximate surface area is 151 Å². The minimum Gasteiger partial charge on any atom is -0.383 e. The van der Waals surface area contributed by atoms with Crippen LogP contribution in [0.25, 0.3) is 0 Å². The lowest BCUT2D eigenvalue weighted by Crippen LogP contribution is -2.52. The maximum absolute atomic E-state index is 13.6. The Morgan fingerprint density at radius 2 is 1.76 bits per heavy atom. The molecule has 4 heteroatoms. The molecule has 1 aromatic rings. The van der Waals surface area contributed by atoms with Gasteiger partial charge in [-0.1, -0.05) is 43.2 Å². The number of methoxy groups -OCH3 is 1. The summed E-state index contributed by atoms with van der Waals surface area (Å²) in [6, 6.07) is 10.6. The molecule has 1 spiro atoms. The molecule has 2 saturated carbocycles. The van der Waals surface area contributed by atoms with Crippen molar-refractivity contribution in [2.75, 3.05) is 46.4 Å². The molecular weight excluding hydrogens is 312 g/mol. The molecule has 0 unspecified atom stereocenters. The van der Waals surface area contributed by atoms with Crippen molar-refractivity contribution < 1.29 is 9.53 Å². The van der Waals surface area contributed by atoms with Gasteiger partial charge in [-0.2, -0.15) is 0 Å². The van der Waals surface area contributed by atoms with E-state index in [2.05, 4.69) is 40.1 Å². The number of ether oxygens (including phenoxy) is 1. The zero-order valence-electron chi connectivity index (χ0n) is 15.4. The maximum Gasteiger partial charge on any atom is 0.233 e. The molecule has 1 amide bonds. The molecule has 0 aromatic heterocycles. The Kier molecular flexibility index (Phi) is 4.59. The highest BCUT2D eigenvalue weighted by atomic mass is 16.5. The number of piperazine rings is 1. The van der Waals surface area contributed by atoms with Crippen LogP contribution < -0.4 is 0 Å². The summed E-state index contributed by atoms with van der Waals surface area (Å²) in [5.74, 6) is 0.395. The highest BCUT2D eigenvalue weighted by Crippen LogP contribution is 2.72. The molecule has 0 N–H and O–H groups in total. The predicted octanol–water partition coefficient (Wildman–Crippen LogP) is 2.68. The van der Waals surface area contributed by atoms with Gasteiger partial charge >= 0.3 is 0 Å². The maximum atomic E-state index is 13.6. The standard InChI is InChI=1S/C21H30N2O2/c1-25-16-15-22-11-13-23(14-12-22)19(24)21(18-7-3-2-4-8-18)17-20(21)9-5-6-10-20/h2-4,7-8H,5-6,9-17H2,1H3/t21-/m1/s1. The number of hydrogen-bond acceptors (Lipinski definition) is 3. The summed E-state index contributed by atoms with van der Waals surface area (Å²) in [5.41, 5.74) is 1.27. The van der Waals surface area contributed by atoms with E-state index in [1.807, 2.05) is 0 Å². The molecule has 1 aliphatic heterocycles. The van der Waals surface area contributed by atoms with Gasteiger partial charge in [-0.15, -0.1) is 0 Å². The van der Waals surface area contributed by atoms with Crippen LogP contribution in [0.5, 0.6) is 0 Å². The molecule has 3 fully saturated rings. The first-order chi connectivity index (χ1) is 12.2. The van der Waals surface area contributed by atoms with Gasteiger partial charge in [-0.25, -0.2) is 0 Å². The van der Waals surface area contributed by atoms with Crippen LogP contribution >= 0.6 is 0 Å². The van der Waals surface area contributed by atoms with Gasteiger partial charge in [-0.3, -0.25) is 9.69 Å². The lowest BCUT2D eigenvalue weighted by atomic mass is 9.83. The van der Waals surface area contributed by atoms with Crippen molar-refractivity contribution in [3.05, 3.63) is 35.9 Å². The van der Waals surface area contributed by atoms with Gasteiger partial charge in [0.25, 0.3) is 0 Å². The van der Waals surface area contributed by atoms with Crippen molar-refractivity contribution in [2.24, 2.45) is 5.41 Å². The second kappa shape index (κ2) is 6.73. The summed E-state index contributed by atoms with van der Waals surface area (Å²) >= 11 is 0. The fourth-order valence-electron chi connectivity index (χ4n) is 5.34. The van der Waals surface area contributed by atoms with Gasteiger partial charge in [-0.05, 0) is 30.2 Å². The second-order valence-corrected chi connectivity index (χ2v) is 8.06. The third kappa shape index (κ3) is 2.80. The van der Waals surface area contributed by atoms with Crippen LogP contribution in [0.3, 0.4) is 0 Å². The molecule has 1 saturated heterocycles. The fraction of sp³-hybridized carbons (Fsp3) is 0.667. The first-order valence-corrected chi connectivity index (χ1v) is 9.78. The molecule has 1 heterocycles. The highest BCUT2D eigenvalue weighted by molar-refractivity contribution is 5.93. The van der Waals surface area contributed by atoms with Crippen molar-refractivity contribution >= 4 is 5.91 Å². The monoisotopic (exact) mass is 342 g/mol. The van der Waals surface area contributed by atoms with Crippen LogP contribution in [0.15, 0.2) is 30.3 Å². The molecule has 1 aromatic carbocycles. The number of rotatable bonds is 5. The number of amides is 1. The largest absolute Gasteiger partial charge is 0.383 e. The van der Waals surface area contributed by atoms with Crippen molar-refractivity contribution in [3.63, 3.8) is 0 Å². The molecular formula is C21H30N2O2. The van der Waals surface area contributed by atoms with Crippen LogP contribution in [0.1, 0.15) is 37.7 Å². The average molecular weight is 342 g/mol. The van der Waals surface area contributed by atoms with Crippen molar-refractivity contribution in [2.45, 2.75) is 37.5 Å². The molecule has 4 rings (SSSR count).